The summed E-state index contributed by atoms with van der Waals surface area (Å²) in [6.07, 6.45) is 0. The number of hydrogen-bond acceptors (Lipinski definition) is 1. The average molecular weight is 490 g/mol. The highest BCUT2D eigenvalue weighted by atomic mass is 15.1. The van der Waals surface area contributed by atoms with Crippen molar-refractivity contribution in [3.05, 3.63) is 163 Å². The maximum absolute atomic E-state index is 2.33. The molecule has 6 aromatic rings. The van der Waals surface area contributed by atoms with Crippen LogP contribution in [0.3, 0.4) is 0 Å². The van der Waals surface area contributed by atoms with Crippen LogP contribution in [0.1, 0.15) is 25.0 Å². The normalized spacial score (nSPS) is 11.4. The van der Waals surface area contributed by atoms with Crippen LogP contribution >= 0.6 is 0 Å². The van der Waals surface area contributed by atoms with Crippen molar-refractivity contribution in [2.75, 3.05) is 4.90 Å². The van der Waals surface area contributed by atoms with Gasteiger partial charge in [0.05, 0.1) is 0 Å². The molecule has 0 radical (unpaired) electrons. The maximum atomic E-state index is 2.33. The van der Waals surface area contributed by atoms with Crippen LogP contribution in [0.15, 0.2) is 152 Å². The average Bonchev–Trinajstić information content (AvgIpc) is 2.99. The van der Waals surface area contributed by atoms with Crippen molar-refractivity contribution in [3.63, 3.8) is 0 Å². The van der Waals surface area contributed by atoms with E-state index in [0.717, 1.165) is 17.1 Å². The second kappa shape index (κ2) is 10.0. The topological polar surface area (TPSA) is 3.24 Å². The summed E-state index contributed by atoms with van der Waals surface area (Å²) in [5, 5.41) is 2.56. The summed E-state index contributed by atoms with van der Waals surface area (Å²) in [5.74, 6) is 0. The van der Waals surface area contributed by atoms with Crippen LogP contribution in [0.5, 0.6) is 0 Å². The first-order valence-electron chi connectivity index (χ1n) is 13.2. The molecule has 0 amide bonds. The Morgan fingerprint density at radius 1 is 0.395 bits per heavy atom. The molecular weight excluding hydrogens is 458 g/mol. The monoisotopic (exact) mass is 489 g/mol. The highest BCUT2D eigenvalue weighted by molar-refractivity contribution is 5.83. The lowest BCUT2D eigenvalue weighted by atomic mass is 9.77. The second-order valence-electron chi connectivity index (χ2n) is 10.3. The number of para-hydroxylation sites is 1. The van der Waals surface area contributed by atoms with Crippen molar-refractivity contribution in [1.29, 1.82) is 0 Å². The summed E-state index contributed by atoms with van der Waals surface area (Å²) < 4.78 is 0. The van der Waals surface area contributed by atoms with Gasteiger partial charge < -0.3 is 4.90 Å². The molecule has 0 aromatic heterocycles. The molecule has 0 aliphatic rings. The number of anilines is 3. The van der Waals surface area contributed by atoms with Crippen LogP contribution in [0.25, 0.3) is 21.9 Å². The first-order chi connectivity index (χ1) is 18.6. The van der Waals surface area contributed by atoms with Crippen molar-refractivity contribution < 1.29 is 0 Å². The van der Waals surface area contributed by atoms with E-state index >= 15 is 0 Å². The predicted molar refractivity (Wildman–Crippen MR) is 163 cm³/mol. The number of benzene rings is 6. The van der Waals surface area contributed by atoms with Crippen LogP contribution in [0.4, 0.5) is 17.1 Å². The number of hydrogen-bond donors (Lipinski definition) is 0. The number of rotatable bonds is 6. The summed E-state index contributed by atoms with van der Waals surface area (Å²) in [5.41, 5.74) is 8.36. The summed E-state index contributed by atoms with van der Waals surface area (Å²) in [6, 6.07) is 54.4. The van der Waals surface area contributed by atoms with E-state index in [2.05, 4.69) is 170 Å². The molecule has 0 spiro atoms. The number of fused-ring (bicyclic) bond motifs is 1. The van der Waals surface area contributed by atoms with E-state index in [1.54, 1.807) is 0 Å². The fraction of sp³-hybridized carbons (Fsp3) is 0.0811. The Hall–Kier alpha value is -4.62. The SMILES string of the molecule is CC(C)(c1ccc(N(c2ccccc2)c2ccc(-c3ccccc3)cc2)cc1)c1ccc2ccccc2c1. The molecule has 0 aliphatic heterocycles. The molecule has 0 unspecified atom stereocenters. The van der Waals surface area contributed by atoms with E-state index in [4.69, 9.17) is 0 Å². The molecule has 1 nitrogen and oxygen atoms in total. The third-order valence-corrected chi connectivity index (χ3v) is 7.57. The van der Waals surface area contributed by atoms with Crippen LogP contribution in [0.2, 0.25) is 0 Å². The standard InChI is InChI=1S/C37H31N/c1-37(2,33-20-17-29-13-9-10-14-31(29)27-33)32-21-25-36(26-22-32)38(34-15-7-4-8-16-34)35-23-18-30(19-24-35)28-11-5-3-6-12-28/h3-27H,1-2H3. The van der Waals surface area contributed by atoms with Gasteiger partial charge in [-0.1, -0.05) is 129 Å². The summed E-state index contributed by atoms with van der Waals surface area (Å²) in [4.78, 5) is 2.32. The first kappa shape index (κ1) is 23.8. The predicted octanol–water partition coefficient (Wildman–Crippen LogP) is 10.3. The van der Waals surface area contributed by atoms with Crippen LogP contribution in [0, 0.1) is 0 Å². The van der Waals surface area contributed by atoms with E-state index < -0.39 is 0 Å². The van der Waals surface area contributed by atoms with Gasteiger partial charge in [-0.25, -0.2) is 0 Å². The van der Waals surface area contributed by atoms with E-state index in [9.17, 15) is 0 Å². The third kappa shape index (κ3) is 4.60. The minimum Gasteiger partial charge on any atom is -0.311 e. The Balaban J connectivity index is 1.35. The van der Waals surface area contributed by atoms with E-state index in [0.29, 0.717) is 0 Å². The highest BCUT2D eigenvalue weighted by Crippen LogP contribution is 2.38. The highest BCUT2D eigenvalue weighted by Gasteiger charge is 2.24. The van der Waals surface area contributed by atoms with Crippen molar-refractivity contribution in [2.24, 2.45) is 0 Å². The van der Waals surface area contributed by atoms with Gasteiger partial charge in [-0.3, -0.25) is 0 Å². The Labute approximate surface area is 225 Å². The molecule has 6 aromatic carbocycles. The fourth-order valence-corrected chi connectivity index (χ4v) is 5.23. The van der Waals surface area contributed by atoms with Crippen LogP contribution in [-0.4, -0.2) is 0 Å². The molecule has 6 rings (SSSR count). The Morgan fingerprint density at radius 2 is 0.868 bits per heavy atom. The maximum Gasteiger partial charge on any atom is 0.0462 e. The smallest absolute Gasteiger partial charge is 0.0462 e. The molecule has 0 heterocycles. The second-order valence-corrected chi connectivity index (χ2v) is 10.3. The van der Waals surface area contributed by atoms with Gasteiger partial charge in [0.1, 0.15) is 0 Å². The van der Waals surface area contributed by atoms with E-state index in [1.807, 2.05) is 0 Å². The summed E-state index contributed by atoms with van der Waals surface area (Å²) in [6.45, 7) is 4.62. The molecular formula is C37H31N. The molecule has 1 heteroatoms. The largest absolute Gasteiger partial charge is 0.311 e. The van der Waals surface area contributed by atoms with Crippen molar-refractivity contribution in [2.45, 2.75) is 19.3 Å². The molecule has 38 heavy (non-hydrogen) atoms. The lowest BCUT2D eigenvalue weighted by Gasteiger charge is -2.29. The molecule has 0 saturated heterocycles. The van der Waals surface area contributed by atoms with Crippen molar-refractivity contribution >= 4 is 27.8 Å². The molecule has 0 N–H and O–H groups in total. The van der Waals surface area contributed by atoms with E-state index in [1.165, 1.54) is 33.0 Å². The molecule has 0 aliphatic carbocycles. The zero-order valence-electron chi connectivity index (χ0n) is 21.9. The van der Waals surface area contributed by atoms with Crippen molar-refractivity contribution in [1.82, 2.24) is 0 Å². The quantitative estimate of drug-likeness (QED) is 0.225. The van der Waals surface area contributed by atoms with E-state index in [-0.39, 0.29) is 5.41 Å². The minimum atomic E-state index is -0.114. The Morgan fingerprint density at radius 3 is 1.53 bits per heavy atom. The van der Waals surface area contributed by atoms with Gasteiger partial charge in [-0.05, 0) is 69.4 Å². The number of nitrogens with zero attached hydrogens (tertiary/aromatic N) is 1. The van der Waals surface area contributed by atoms with Gasteiger partial charge in [-0.15, -0.1) is 0 Å². The van der Waals surface area contributed by atoms with Crippen LogP contribution in [-0.2, 0) is 5.41 Å². The van der Waals surface area contributed by atoms with Crippen molar-refractivity contribution in [3.8, 4) is 11.1 Å². The van der Waals surface area contributed by atoms with Gasteiger partial charge >= 0.3 is 0 Å². The minimum absolute atomic E-state index is 0.114. The van der Waals surface area contributed by atoms with Gasteiger partial charge in [0.2, 0.25) is 0 Å². The zero-order valence-corrected chi connectivity index (χ0v) is 21.9. The van der Waals surface area contributed by atoms with Gasteiger partial charge in [0, 0.05) is 22.5 Å². The Bertz CT molecular complexity index is 1650. The van der Waals surface area contributed by atoms with Gasteiger partial charge in [0.15, 0.2) is 0 Å². The third-order valence-electron chi connectivity index (χ3n) is 7.57. The fourth-order valence-electron chi connectivity index (χ4n) is 5.23. The van der Waals surface area contributed by atoms with Gasteiger partial charge in [0.25, 0.3) is 0 Å². The van der Waals surface area contributed by atoms with Crippen LogP contribution < -0.4 is 4.90 Å². The molecule has 0 saturated carbocycles. The zero-order chi connectivity index (χ0) is 26.0. The van der Waals surface area contributed by atoms with Gasteiger partial charge in [-0.2, -0.15) is 0 Å². The lowest BCUT2D eigenvalue weighted by Crippen LogP contribution is -2.19. The summed E-state index contributed by atoms with van der Waals surface area (Å²) in [7, 11) is 0. The summed E-state index contributed by atoms with van der Waals surface area (Å²) >= 11 is 0. The molecule has 0 bridgehead atoms. The molecule has 0 atom stereocenters. The first-order valence-corrected chi connectivity index (χ1v) is 13.2. The molecule has 0 fully saturated rings. The Kier molecular flexibility index (Phi) is 6.27. The lowest BCUT2D eigenvalue weighted by molar-refractivity contribution is 0.642. The molecule has 184 valence electrons.